The summed E-state index contributed by atoms with van der Waals surface area (Å²) in [5, 5.41) is 13.4. The second-order valence-corrected chi connectivity index (χ2v) is 4.95. The second-order valence-electron chi connectivity index (χ2n) is 4.95. The van der Waals surface area contributed by atoms with Gasteiger partial charge in [-0.2, -0.15) is 0 Å². The summed E-state index contributed by atoms with van der Waals surface area (Å²) in [6, 6.07) is 0.00251. The minimum Gasteiger partial charge on any atom is -0.494 e. The number of ketones is 1. The Morgan fingerprint density at radius 2 is 2.14 bits per heavy atom. The van der Waals surface area contributed by atoms with E-state index in [-0.39, 0.29) is 11.8 Å². The van der Waals surface area contributed by atoms with Gasteiger partial charge in [-0.3, -0.25) is 4.79 Å². The minimum atomic E-state index is -1.20. The molecule has 0 aromatic rings. The van der Waals surface area contributed by atoms with E-state index in [2.05, 4.69) is 5.32 Å². The monoisotopic (exact) mass is 287 g/mol. The zero-order chi connectivity index (χ0) is 15.0. The molecule has 0 radical (unpaired) electrons. The van der Waals surface area contributed by atoms with Crippen LogP contribution in [0.4, 0.5) is 0 Å². The number of Topliss-reactive ketones (excluding diaryl/α,β-unsaturated/α-hetero) is 1. The highest BCUT2D eigenvalue weighted by atomic mass is 16.5. The quantitative estimate of drug-likeness (QED) is 0.813. The molecule has 0 saturated heterocycles. The summed E-state index contributed by atoms with van der Waals surface area (Å²) in [4.78, 5) is 11.9. The number of carbonyl (C=O) groups excluding carboxylic acids is 1. The molecule has 1 heterocycles. The van der Waals surface area contributed by atoms with Crippen LogP contribution in [-0.2, 0) is 14.3 Å². The summed E-state index contributed by atoms with van der Waals surface area (Å²) < 4.78 is 10.5. The molecule has 5 nitrogen and oxygen atoms in total. The number of fused-ring (bicyclic) bond motifs is 1. The number of methoxy groups -OCH3 is 1. The maximum Gasteiger partial charge on any atom is 0.230 e. The molecule has 5 heteroatoms. The van der Waals surface area contributed by atoms with Crippen LogP contribution in [-0.4, -0.2) is 36.8 Å². The predicted molar refractivity (Wildman–Crippen MR) is 77.0 cm³/mol. The molecule has 1 aliphatic heterocycles. The number of ether oxygens (including phenoxy) is 2. The van der Waals surface area contributed by atoms with Crippen molar-refractivity contribution in [3.8, 4) is 0 Å². The van der Waals surface area contributed by atoms with Crippen molar-refractivity contribution < 1.29 is 19.4 Å². The Labute approximate surface area is 122 Å². The molecule has 2 atom stereocenters. The highest BCUT2D eigenvalue weighted by Gasteiger charge is 2.34. The van der Waals surface area contributed by atoms with Crippen molar-refractivity contribution in [2.75, 3.05) is 13.7 Å². The number of nitrogens with one attached hydrogen (secondary N) is 1. The van der Waals surface area contributed by atoms with Gasteiger partial charge in [0.15, 0.2) is 5.76 Å². The number of rotatable bonds is 3. The van der Waals surface area contributed by atoms with E-state index < -0.39 is 11.9 Å². The normalized spacial score (nSPS) is 27.0. The first kappa shape index (κ1) is 13.7. The van der Waals surface area contributed by atoms with Gasteiger partial charge < -0.3 is 19.9 Å². The molecule has 3 rings (SSSR count). The fourth-order valence-electron chi connectivity index (χ4n) is 2.62. The highest BCUT2D eigenvalue weighted by Crippen LogP contribution is 2.30. The van der Waals surface area contributed by atoms with E-state index in [0.29, 0.717) is 17.9 Å². The number of aliphatic hydroxyl groups is 1. The first-order valence-corrected chi connectivity index (χ1v) is 6.87. The fraction of sp³-hybridized carbons (Fsp3) is 0.312. The van der Waals surface area contributed by atoms with Gasteiger partial charge in [0, 0.05) is 17.3 Å². The lowest BCUT2D eigenvalue weighted by Crippen LogP contribution is -2.39. The molecule has 0 spiro atoms. The summed E-state index contributed by atoms with van der Waals surface area (Å²) in [6.07, 6.45) is 8.09. The van der Waals surface area contributed by atoms with E-state index in [1.807, 2.05) is 31.2 Å². The second kappa shape index (κ2) is 5.26. The third-order valence-electron chi connectivity index (χ3n) is 3.66. The number of dihydropyridines is 1. The number of allylic oxidation sites excluding steroid dienone is 2. The van der Waals surface area contributed by atoms with Crippen LogP contribution >= 0.6 is 0 Å². The van der Waals surface area contributed by atoms with Crippen LogP contribution in [0.5, 0.6) is 0 Å². The number of hydrogen-bond acceptors (Lipinski definition) is 5. The number of hydrogen-bond donors (Lipinski definition) is 2. The Morgan fingerprint density at radius 3 is 2.86 bits per heavy atom. The topological polar surface area (TPSA) is 67.8 Å². The summed E-state index contributed by atoms with van der Waals surface area (Å²) in [5.41, 5.74) is 2.24. The molecular formula is C16H17NO4. The summed E-state index contributed by atoms with van der Waals surface area (Å²) >= 11 is 0. The number of carbonyl (C=O) groups is 1. The molecule has 0 aromatic carbocycles. The van der Waals surface area contributed by atoms with Gasteiger partial charge in [0.1, 0.15) is 11.9 Å². The molecule has 0 bridgehead atoms. The first-order chi connectivity index (χ1) is 10.1. The summed E-state index contributed by atoms with van der Waals surface area (Å²) in [6.45, 7) is 2.52. The summed E-state index contributed by atoms with van der Waals surface area (Å²) in [5.74, 6) is 0.514. The van der Waals surface area contributed by atoms with Gasteiger partial charge in [0.25, 0.3) is 0 Å². The van der Waals surface area contributed by atoms with Crippen LogP contribution in [0.3, 0.4) is 0 Å². The van der Waals surface area contributed by atoms with Crippen molar-refractivity contribution >= 4 is 5.78 Å². The highest BCUT2D eigenvalue weighted by molar-refractivity contribution is 6.01. The molecule has 2 N–H and O–H groups in total. The molecule has 21 heavy (non-hydrogen) atoms. The van der Waals surface area contributed by atoms with Gasteiger partial charge in [0.2, 0.25) is 5.78 Å². The van der Waals surface area contributed by atoms with Crippen LogP contribution in [0.1, 0.15) is 6.92 Å². The molecule has 0 aromatic heterocycles. The molecule has 2 unspecified atom stereocenters. The maximum atomic E-state index is 11.9. The minimum absolute atomic E-state index is 0.00251. The molecule has 0 saturated carbocycles. The Hall–Kier alpha value is -2.27. The molecule has 3 aliphatic rings. The van der Waals surface area contributed by atoms with Gasteiger partial charge in [-0.15, -0.1) is 0 Å². The lowest BCUT2D eigenvalue weighted by atomic mass is 9.87. The van der Waals surface area contributed by atoms with Gasteiger partial charge in [0.05, 0.1) is 19.8 Å². The Balaban J connectivity index is 1.99. The van der Waals surface area contributed by atoms with Crippen LogP contribution in [0.2, 0.25) is 0 Å². The Kier molecular flexibility index (Phi) is 3.43. The predicted octanol–water partition coefficient (Wildman–Crippen LogP) is 1.10. The van der Waals surface area contributed by atoms with Gasteiger partial charge >= 0.3 is 0 Å². The molecule has 0 fully saturated rings. The first-order valence-electron chi connectivity index (χ1n) is 6.87. The zero-order valence-electron chi connectivity index (χ0n) is 11.9. The van der Waals surface area contributed by atoms with Crippen LogP contribution in [0.25, 0.3) is 0 Å². The average molecular weight is 287 g/mol. The average Bonchev–Trinajstić information content (AvgIpc) is 2.50. The van der Waals surface area contributed by atoms with Gasteiger partial charge in [-0.1, -0.05) is 6.08 Å². The molecular weight excluding hydrogens is 270 g/mol. The third kappa shape index (κ3) is 2.29. The fourth-order valence-corrected chi connectivity index (χ4v) is 2.62. The Morgan fingerprint density at radius 1 is 1.33 bits per heavy atom. The molecule has 0 amide bonds. The maximum absolute atomic E-state index is 11.9. The van der Waals surface area contributed by atoms with E-state index in [1.54, 1.807) is 6.08 Å². The third-order valence-corrected chi connectivity index (χ3v) is 3.66. The van der Waals surface area contributed by atoms with Crippen LogP contribution in [0, 0.1) is 0 Å². The van der Waals surface area contributed by atoms with Crippen molar-refractivity contribution in [1.82, 2.24) is 5.32 Å². The van der Waals surface area contributed by atoms with Crippen molar-refractivity contribution in [1.29, 1.82) is 0 Å². The van der Waals surface area contributed by atoms with Crippen LogP contribution < -0.4 is 5.32 Å². The van der Waals surface area contributed by atoms with E-state index in [9.17, 15) is 9.90 Å². The van der Waals surface area contributed by atoms with Crippen LogP contribution in [0.15, 0.2) is 58.7 Å². The number of aliphatic hydroxyl groups excluding tert-OH is 1. The van der Waals surface area contributed by atoms with E-state index >= 15 is 0 Å². The van der Waals surface area contributed by atoms with E-state index in [0.717, 1.165) is 11.3 Å². The molecule has 110 valence electrons. The smallest absolute Gasteiger partial charge is 0.230 e. The SMILES string of the molecule is CCOC1=CC2=CC3=C(C=C(OC)C(=O)C3O)NC2C=C1. The van der Waals surface area contributed by atoms with Gasteiger partial charge in [-0.05, 0) is 30.7 Å². The van der Waals surface area contributed by atoms with Crippen molar-refractivity contribution in [3.05, 3.63) is 58.7 Å². The standard InChI is InChI=1S/C16H17NO4/c1-3-21-10-4-5-12-9(6-10)7-11-13(17-12)8-14(20-2)16(19)15(11)18/h4-8,12,15,17-18H,3H2,1-2H3. The Bertz CT molecular complexity index is 637. The van der Waals surface area contributed by atoms with E-state index in [1.165, 1.54) is 7.11 Å². The van der Waals surface area contributed by atoms with Crippen molar-refractivity contribution in [2.45, 2.75) is 19.1 Å². The lowest BCUT2D eigenvalue weighted by molar-refractivity contribution is -0.124. The van der Waals surface area contributed by atoms with E-state index in [4.69, 9.17) is 9.47 Å². The molecule has 2 aliphatic carbocycles. The van der Waals surface area contributed by atoms with Gasteiger partial charge in [-0.25, -0.2) is 0 Å². The van der Waals surface area contributed by atoms with Crippen molar-refractivity contribution in [3.63, 3.8) is 0 Å². The lowest BCUT2D eigenvalue weighted by Gasteiger charge is -2.31. The zero-order valence-corrected chi connectivity index (χ0v) is 11.9. The summed E-state index contributed by atoms with van der Waals surface area (Å²) in [7, 11) is 1.42. The largest absolute Gasteiger partial charge is 0.494 e. The van der Waals surface area contributed by atoms with Crippen molar-refractivity contribution in [2.24, 2.45) is 0 Å².